The van der Waals surface area contributed by atoms with Crippen molar-refractivity contribution in [3.63, 3.8) is 0 Å². The van der Waals surface area contributed by atoms with Crippen molar-refractivity contribution in [3.8, 4) is 0 Å². The molecule has 144 valence electrons. The lowest BCUT2D eigenvalue weighted by Gasteiger charge is -2.18. The fourth-order valence-corrected chi connectivity index (χ4v) is 2.99. The standard InChI is InChI=1S/C20H19ClN4O3/c1-3-18(27)24(2)19-20(28)25(16-11-7-6-10-15(16)23-19)12-17(26)22-14-9-5-4-8-13(14)21/h4-11H,3,12H2,1-2H3,(H,22,26). The Kier molecular flexibility index (Phi) is 5.75. The molecule has 0 unspecified atom stereocenters. The Bertz CT molecular complexity index is 1110. The lowest BCUT2D eigenvalue weighted by atomic mass is 10.2. The number of anilines is 2. The highest BCUT2D eigenvalue weighted by atomic mass is 35.5. The molecular weight excluding hydrogens is 380 g/mol. The number of para-hydroxylation sites is 3. The first kappa shape index (κ1) is 19.6. The maximum Gasteiger partial charge on any atom is 0.294 e. The van der Waals surface area contributed by atoms with E-state index in [2.05, 4.69) is 10.3 Å². The number of carbonyl (C=O) groups is 2. The average Bonchev–Trinajstić information content (AvgIpc) is 2.70. The van der Waals surface area contributed by atoms with Crippen molar-refractivity contribution < 1.29 is 9.59 Å². The van der Waals surface area contributed by atoms with Crippen LogP contribution in [0.25, 0.3) is 11.0 Å². The van der Waals surface area contributed by atoms with Crippen molar-refractivity contribution in [1.82, 2.24) is 9.55 Å². The number of hydrogen-bond acceptors (Lipinski definition) is 4. The highest BCUT2D eigenvalue weighted by Gasteiger charge is 2.19. The van der Waals surface area contributed by atoms with Crippen molar-refractivity contribution >= 4 is 46.0 Å². The molecule has 0 atom stereocenters. The Morgan fingerprint density at radius 2 is 1.82 bits per heavy atom. The number of rotatable bonds is 5. The fourth-order valence-electron chi connectivity index (χ4n) is 2.81. The first-order valence-corrected chi connectivity index (χ1v) is 9.10. The molecule has 0 saturated carbocycles. The number of aromatic nitrogens is 2. The fraction of sp³-hybridized carbons (Fsp3) is 0.200. The zero-order valence-electron chi connectivity index (χ0n) is 15.5. The summed E-state index contributed by atoms with van der Waals surface area (Å²) in [5, 5.41) is 3.10. The Morgan fingerprint density at radius 3 is 2.54 bits per heavy atom. The Hall–Kier alpha value is -3.19. The summed E-state index contributed by atoms with van der Waals surface area (Å²) < 4.78 is 1.31. The predicted octanol–water partition coefficient (Wildman–Crippen LogP) is 3.06. The molecule has 0 aliphatic heterocycles. The van der Waals surface area contributed by atoms with Gasteiger partial charge in [0.25, 0.3) is 5.56 Å². The second-order valence-electron chi connectivity index (χ2n) is 6.15. The predicted molar refractivity (Wildman–Crippen MR) is 110 cm³/mol. The maximum atomic E-state index is 13.0. The minimum Gasteiger partial charge on any atom is -0.323 e. The normalized spacial score (nSPS) is 10.7. The van der Waals surface area contributed by atoms with Crippen LogP contribution in [-0.2, 0) is 16.1 Å². The number of hydrogen-bond donors (Lipinski definition) is 1. The number of nitrogens with zero attached hydrogens (tertiary/aromatic N) is 3. The second-order valence-corrected chi connectivity index (χ2v) is 6.56. The molecule has 7 nitrogen and oxygen atoms in total. The Balaban J connectivity index is 2.03. The minimum absolute atomic E-state index is 0.0175. The molecule has 28 heavy (non-hydrogen) atoms. The molecular formula is C20H19ClN4O3. The number of amides is 2. The summed E-state index contributed by atoms with van der Waals surface area (Å²) >= 11 is 6.08. The molecule has 0 spiro atoms. The highest BCUT2D eigenvalue weighted by molar-refractivity contribution is 6.33. The van der Waals surface area contributed by atoms with E-state index in [-0.39, 0.29) is 24.7 Å². The molecule has 1 aromatic heterocycles. The summed E-state index contributed by atoms with van der Waals surface area (Å²) in [6, 6.07) is 13.8. The minimum atomic E-state index is -0.516. The first-order chi connectivity index (χ1) is 13.4. The second kappa shape index (κ2) is 8.22. The van der Waals surface area contributed by atoms with Gasteiger partial charge in [0.15, 0.2) is 0 Å². The van der Waals surface area contributed by atoms with Gasteiger partial charge in [-0.1, -0.05) is 42.8 Å². The molecule has 2 aromatic carbocycles. The van der Waals surface area contributed by atoms with Gasteiger partial charge in [0.05, 0.1) is 21.7 Å². The molecule has 1 N–H and O–H groups in total. The molecule has 2 amide bonds. The van der Waals surface area contributed by atoms with Gasteiger partial charge in [0, 0.05) is 13.5 Å². The van der Waals surface area contributed by atoms with Crippen molar-refractivity contribution in [2.45, 2.75) is 19.9 Å². The van der Waals surface area contributed by atoms with Crippen LogP contribution in [0.1, 0.15) is 13.3 Å². The van der Waals surface area contributed by atoms with Crippen LogP contribution in [0.3, 0.4) is 0 Å². The van der Waals surface area contributed by atoms with Gasteiger partial charge in [-0.25, -0.2) is 4.98 Å². The summed E-state index contributed by atoms with van der Waals surface area (Å²) in [5.74, 6) is -0.676. The number of fused-ring (bicyclic) bond motifs is 1. The highest BCUT2D eigenvalue weighted by Crippen LogP contribution is 2.20. The van der Waals surface area contributed by atoms with E-state index in [1.165, 1.54) is 16.5 Å². The molecule has 0 fully saturated rings. The number of nitrogens with one attached hydrogen (secondary N) is 1. The zero-order valence-corrected chi connectivity index (χ0v) is 16.2. The lowest BCUT2D eigenvalue weighted by Crippen LogP contribution is -2.36. The van der Waals surface area contributed by atoms with Crippen molar-refractivity contribution in [3.05, 3.63) is 63.9 Å². The van der Waals surface area contributed by atoms with Crippen LogP contribution in [0.15, 0.2) is 53.3 Å². The molecule has 0 radical (unpaired) electrons. The molecule has 0 saturated heterocycles. The van der Waals surface area contributed by atoms with E-state index in [1.807, 2.05) is 0 Å². The molecule has 0 bridgehead atoms. The van der Waals surface area contributed by atoms with Gasteiger partial charge in [-0.15, -0.1) is 0 Å². The summed E-state index contributed by atoms with van der Waals surface area (Å²) in [6.45, 7) is 1.46. The monoisotopic (exact) mass is 398 g/mol. The third-order valence-corrected chi connectivity index (χ3v) is 4.61. The van der Waals surface area contributed by atoms with Crippen LogP contribution < -0.4 is 15.8 Å². The molecule has 0 aliphatic rings. The van der Waals surface area contributed by atoms with Crippen molar-refractivity contribution in [2.75, 3.05) is 17.3 Å². The van der Waals surface area contributed by atoms with Crippen molar-refractivity contribution in [1.29, 1.82) is 0 Å². The number of halogens is 1. The largest absolute Gasteiger partial charge is 0.323 e. The maximum absolute atomic E-state index is 13.0. The first-order valence-electron chi connectivity index (χ1n) is 8.73. The molecule has 3 rings (SSSR count). The topological polar surface area (TPSA) is 84.3 Å². The van der Waals surface area contributed by atoms with E-state index in [0.717, 1.165) is 0 Å². The molecule has 0 aliphatic carbocycles. The Morgan fingerprint density at radius 1 is 1.14 bits per heavy atom. The van der Waals surface area contributed by atoms with Gasteiger partial charge in [-0.3, -0.25) is 23.9 Å². The third kappa shape index (κ3) is 3.89. The summed E-state index contributed by atoms with van der Waals surface area (Å²) in [5.41, 5.74) is 0.956. The SMILES string of the molecule is CCC(=O)N(C)c1nc2ccccc2n(CC(=O)Nc2ccccc2Cl)c1=O. The van der Waals surface area contributed by atoms with Crippen LogP contribution in [-0.4, -0.2) is 28.4 Å². The summed E-state index contributed by atoms with van der Waals surface area (Å²) in [7, 11) is 1.50. The van der Waals surface area contributed by atoms with Gasteiger partial charge in [-0.05, 0) is 24.3 Å². The average molecular weight is 399 g/mol. The van der Waals surface area contributed by atoms with Crippen LogP contribution >= 0.6 is 11.6 Å². The quantitative estimate of drug-likeness (QED) is 0.715. The van der Waals surface area contributed by atoms with E-state index in [4.69, 9.17) is 11.6 Å². The van der Waals surface area contributed by atoms with Gasteiger partial charge >= 0.3 is 0 Å². The summed E-state index contributed by atoms with van der Waals surface area (Å²) in [4.78, 5) is 43.2. The number of carbonyl (C=O) groups excluding carboxylic acids is 2. The van der Waals surface area contributed by atoms with Gasteiger partial charge in [-0.2, -0.15) is 0 Å². The number of benzene rings is 2. The van der Waals surface area contributed by atoms with Crippen LogP contribution in [0.5, 0.6) is 0 Å². The van der Waals surface area contributed by atoms with Gasteiger partial charge in [0.1, 0.15) is 6.54 Å². The van der Waals surface area contributed by atoms with E-state index < -0.39 is 11.5 Å². The molecule has 3 aromatic rings. The zero-order chi connectivity index (χ0) is 20.3. The van der Waals surface area contributed by atoms with Crippen LogP contribution in [0, 0.1) is 0 Å². The molecule has 8 heteroatoms. The lowest BCUT2D eigenvalue weighted by molar-refractivity contribution is -0.118. The van der Waals surface area contributed by atoms with E-state index in [9.17, 15) is 14.4 Å². The van der Waals surface area contributed by atoms with E-state index in [1.54, 1.807) is 55.5 Å². The van der Waals surface area contributed by atoms with E-state index >= 15 is 0 Å². The van der Waals surface area contributed by atoms with Gasteiger partial charge < -0.3 is 5.32 Å². The third-order valence-electron chi connectivity index (χ3n) is 4.28. The Labute approximate surface area is 166 Å². The summed E-state index contributed by atoms with van der Waals surface area (Å²) in [6.07, 6.45) is 0.234. The van der Waals surface area contributed by atoms with Gasteiger partial charge in [0.2, 0.25) is 17.6 Å². The molecule has 1 heterocycles. The van der Waals surface area contributed by atoms with Crippen LogP contribution in [0.2, 0.25) is 5.02 Å². The van der Waals surface area contributed by atoms with Crippen molar-refractivity contribution in [2.24, 2.45) is 0 Å². The smallest absolute Gasteiger partial charge is 0.294 e. The van der Waals surface area contributed by atoms with Crippen LogP contribution in [0.4, 0.5) is 11.5 Å². The van der Waals surface area contributed by atoms with E-state index in [0.29, 0.717) is 21.7 Å².